The summed E-state index contributed by atoms with van der Waals surface area (Å²) in [6.07, 6.45) is 0.0916. The SMILES string of the molecule is CN(Cc1ccc2ccccc2c1)C(=O)C1CC(O)CN1. The molecule has 1 aliphatic rings. The number of nitrogens with zero attached hydrogens (tertiary/aromatic N) is 1. The van der Waals surface area contributed by atoms with Crippen LogP contribution in [0.2, 0.25) is 0 Å². The van der Waals surface area contributed by atoms with Crippen molar-refractivity contribution < 1.29 is 9.90 Å². The molecule has 3 rings (SSSR count). The number of aliphatic hydroxyl groups is 1. The molecule has 0 spiro atoms. The zero-order valence-electron chi connectivity index (χ0n) is 12.1. The van der Waals surface area contributed by atoms with Crippen molar-refractivity contribution in [1.82, 2.24) is 10.2 Å². The van der Waals surface area contributed by atoms with E-state index in [0.29, 0.717) is 19.5 Å². The first kappa shape index (κ1) is 14.0. The van der Waals surface area contributed by atoms with E-state index in [9.17, 15) is 9.90 Å². The molecule has 2 N–H and O–H groups in total. The first-order valence-corrected chi connectivity index (χ1v) is 7.27. The van der Waals surface area contributed by atoms with E-state index in [1.165, 1.54) is 10.8 Å². The van der Waals surface area contributed by atoms with Gasteiger partial charge in [-0.25, -0.2) is 0 Å². The minimum atomic E-state index is -0.409. The fraction of sp³-hybridized carbons (Fsp3) is 0.353. The zero-order valence-corrected chi connectivity index (χ0v) is 12.1. The van der Waals surface area contributed by atoms with Crippen molar-refractivity contribution in [2.45, 2.75) is 25.1 Å². The van der Waals surface area contributed by atoms with E-state index in [4.69, 9.17) is 0 Å². The maximum absolute atomic E-state index is 12.3. The number of likely N-dealkylation sites (N-methyl/N-ethyl adjacent to an activating group) is 1. The number of carbonyl (C=O) groups is 1. The number of amides is 1. The number of fused-ring (bicyclic) bond motifs is 1. The maximum Gasteiger partial charge on any atom is 0.239 e. The Bertz CT molecular complexity index is 656. The number of hydrogen-bond acceptors (Lipinski definition) is 3. The van der Waals surface area contributed by atoms with E-state index in [2.05, 4.69) is 35.6 Å². The summed E-state index contributed by atoms with van der Waals surface area (Å²) >= 11 is 0. The highest BCUT2D eigenvalue weighted by molar-refractivity contribution is 5.84. The Morgan fingerprint density at radius 3 is 2.76 bits per heavy atom. The molecule has 1 saturated heterocycles. The van der Waals surface area contributed by atoms with Crippen molar-refractivity contribution in [2.24, 2.45) is 0 Å². The fourth-order valence-corrected chi connectivity index (χ4v) is 2.86. The van der Waals surface area contributed by atoms with Crippen LogP contribution in [0.5, 0.6) is 0 Å². The first-order valence-electron chi connectivity index (χ1n) is 7.27. The minimum absolute atomic E-state index is 0.0414. The molecule has 21 heavy (non-hydrogen) atoms. The van der Waals surface area contributed by atoms with Gasteiger partial charge in [0.05, 0.1) is 12.1 Å². The molecule has 0 saturated carbocycles. The van der Waals surface area contributed by atoms with Crippen LogP contribution in [0.15, 0.2) is 42.5 Å². The van der Waals surface area contributed by atoms with Crippen molar-refractivity contribution in [3.63, 3.8) is 0 Å². The quantitative estimate of drug-likeness (QED) is 0.898. The first-order chi connectivity index (χ1) is 10.1. The third kappa shape index (κ3) is 3.06. The Labute approximate surface area is 124 Å². The van der Waals surface area contributed by atoms with Gasteiger partial charge >= 0.3 is 0 Å². The maximum atomic E-state index is 12.3. The topological polar surface area (TPSA) is 52.6 Å². The lowest BCUT2D eigenvalue weighted by Crippen LogP contribution is -2.41. The molecular formula is C17H20N2O2. The monoisotopic (exact) mass is 284 g/mol. The standard InChI is InChI=1S/C17H20N2O2/c1-19(17(21)16-9-15(20)10-18-16)11-12-6-7-13-4-2-3-5-14(13)8-12/h2-8,15-16,18,20H,9-11H2,1H3. The van der Waals surface area contributed by atoms with Gasteiger partial charge in [-0.2, -0.15) is 0 Å². The molecule has 2 unspecified atom stereocenters. The van der Waals surface area contributed by atoms with Crippen LogP contribution in [-0.4, -0.2) is 41.7 Å². The van der Waals surface area contributed by atoms with Crippen molar-refractivity contribution in [3.05, 3.63) is 48.0 Å². The van der Waals surface area contributed by atoms with Gasteiger partial charge in [0.15, 0.2) is 0 Å². The van der Waals surface area contributed by atoms with E-state index in [0.717, 1.165) is 5.56 Å². The summed E-state index contributed by atoms with van der Waals surface area (Å²) < 4.78 is 0. The predicted octanol–water partition coefficient (Wildman–Crippen LogP) is 1.52. The van der Waals surface area contributed by atoms with Gasteiger partial charge in [0, 0.05) is 20.1 Å². The van der Waals surface area contributed by atoms with Gasteiger partial charge in [-0.05, 0) is 28.8 Å². The second-order valence-corrected chi connectivity index (χ2v) is 5.73. The molecule has 0 bridgehead atoms. The Morgan fingerprint density at radius 1 is 1.29 bits per heavy atom. The lowest BCUT2D eigenvalue weighted by atomic mass is 10.1. The predicted molar refractivity (Wildman–Crippen MR) is 82.8 cm³/mol. The number of benzene rings is 2. The van der Waals surface area contributed by atoms with Gasteiger partial charge in [-0.3, -0.25) is 4.79 Å². The Balaban J connectivity index is 1.70. The summed E-state index contributed by atoms with van der Waals surface area (Å²) in [4.78, 5) is 14.0. The summed E-state index contributed by atoms with van der Waals surface area (Å²) in [5.74, 6) is 0.0414. The molecule has 1 heterocycles. The van der Waals surface area contributed by atoms with Crippen LogP contribution >= 0.6 is 0 Å². The Morgan fingerprint density at radius 2 is 2.05 bits per heavy atom. The van der Waals surface area contributed by atoms with E-state index in [-0.39, 0.29) is 11.9 Å². The molecular weight excluding hydrogens is 264 g/mol. The molecule has 110 valence electrons. The second kappa shape index (κ2) is 5.84. The normalized spacial score (nSPS) is 21.6. The van der Waals surface area contributed by atoms with Gasteiger partial charge in [-0.15, -0.1) is 0 Å². The number of β-amino-alcohol motifs (C(OH)–C–C–N with tert-alkyl or cyclic N) is 1. The van der Waals surface area contributed by atoms with E-state index in [1.54, 1.807) is 4.90 Å². The molecule has 1 amide bonds. The van der Waals surface area contributed by atoms with Crippen LogP contribution in [0.25, 0.3) is 10.8 Å². The molecule has 2 aromatic rings. The van der Waals surface area contributed by atoms with Crippen molar-refractivity contribution in [1.29, 1.82) is 0 Å². The minimum Gasteiger partial charge on any atom is -0.392 e. The van der Waals surface area contributed by atoms with Crippen LogP contribution in [0, 0.1) is 0 Å². The number of nitrogens with one attached hydrogen (secondary N) is 1. The van der Waals surface area contributed by atoms with Gasteiger partial charge in [0.2, 0.25) is 5.91 Å². The summed E-state index contributed by atoms with van der Waals surface area (Å²) in [6, 6.07) is 14.2. The largest absolute Gasteiger partial charge is 0.392 e. The molecule has 0 aliphatic carbocycles. The molecule has 0 aromatic heterocycles. The van der Waals surface area contributed by atoms with Crippen LogP contribution in [-0.2, 0) is 11.3 Å². The van der Waals surface area contributed by atoms with Crippen LogP contribution in [0.4, 0.5) is 0 Å². The smallest absolute Gasteiger partial charge is 0.239 e. The number of carbonyl (C=O) groups excluding carboxylic acids is 1. The van der Waals surface area contributed by atoms with Gasteiger partial charge < -0.3 is 15.3 Å². The third-order valence-electron chi connectivity index (χ3n) is 4.02. The van der Waals surface area contributed by atoms with Crippen LogP contribution in [0.3, 0.4) is 0 Å². The van der Waals surface area contributed by atoms with E-state index in [1.807, 2.05) is 19.2 Å². The molecule has 4 heteroatoms. The average molecular weight is 284 g/mol. The van der Waals surface area contributed by atoms with Gasteiger partial charge in [-0.1, -0.05) is 36.4 Å². The van der Waals surface area contributed by atoms with Crippen molar-refractivity contribution in [3.8, 4) is 0 Å². The van der Waals surface area contributed by atoms with Crippen molar-refractivity contribution >= 4 is 16.7 Å². The highest BCUT2D eigenvalue weighted by atomic mass is 16.3. The molecule has 1 aliphatic heterocycles. The highest BCUT2D eigenvalue weighted by Gasteiger charge is 2.29. The molecule has 0 radical (unpaired) electrons. The fourth-order valence-electron chi connectivity index (χ4n) is 2.86. The number of hydrogen-bond donors (Lipinski definition) is 2. The number of aliphatic hydroxyl groups excluding tert-OH is 1. The lowest BCUT2D eigenvalue weighted by Gasteiger charge is -2.21. The second-order valence-electron chi connectivity index (χ2n) is 5.73. The van der Waals surface area contributed by atoms with E-state index >= 15 is 0 Å². The number of rotatable bonds is 3. The zero-order chi connectivity index (χ0) is 14.8. The average Bonchev–Trinajstić information content (AvgIpc) is 2.93. The summed E-state index contributed by atoms with van der Waals surface area (Å²) in [5, 5.41) is 15.0. The molecule has 2 aromatic carbocycles. The Hall–Kier alpha value is -1.91. The Kier molecular flexibility index (Phi) is 3.90. The van der Waals surface area contributed by atoms with Crippen LogP contribution < -0.4 is 5.32 Å². The summed E-state index contributed by atoms with van der Waals surface area (Å²) in [5.41, 5.74) is 1.11. The van der Waals surface area contributed by atoms with E-state index < -0.39 is 6.10 Å². The molecule has 2 atom stereocenters. The van der Waals surface area contributed by atoms with Crippen molar-refractivity contribution in [2.75, 3.05) is 13.6 Å². The summed E-state index contributed by atoms with van der Waals surface area (Å²) in [7, 11) is 1.81. The molecule has 4 nitrogen and oxygen atoms in total. The van der Waals surface area contributed by atoms with Gasteiger partial charge in [0.25, 0.3) is 0 Å². The van der Waals surface area contributed by atoms with Crippen LogP contribution in [0.1, 0.15) is 12.0 Å². The lowest BCUT2D eigenvalue weighted by molar-refractivity contribution is -0.132. The third-order valence-corrected chi connectivity index (χ3v) is 4.02. The van der Waals surface area contributed by atoms with Gasteiger partial charge in [0.1, 0.15) is 0 Å². The molecule has 1 fully saturated rings. The highest BCUT2D eigenvalue weighted by Crippen LogP contribution is 2.17. The summed E-state index contributed by atoms with van der Waals surface area (Å²) in [6.45, 7) is 1.08.